The smallest absolute Gasteiger partial charge is 0.336 e. The molecule has 1 saturated carbocycles. The van der Waals surface area contributed by atoms with Gasteiger partial charge in [0.1, 0.15) is 0 Å². The average Bonchev–Trinajstić information content (AvgIpc) is 3.25. The number of ketones is 1. The van der Waals surface area contributed by atoms with E-state index in [1.807, 2.05) is 0 Å². The molecule has 2 aromatic rings. The third-order valence-corrected chi connectivity index (χ3v) is 4.33. The van der Waals surface area contributed by atoms with Gasteiger partial charge in [0.25, 0.3) is 0 Å². The van der Waals surface area contributed by atoms with Gasteiger partial charge in [-0.05, 0) is 25.0 Å². The fourth-order valence-corrected chi connectivity index (χ4v) is 3.15. The summed E-state index contributed by atoms with van der Waals surface area (Å²) in [5.74, 6) is -1.17. The van der Waals surface area contributed by atoms with E-state index in [0.717, 1.165) is 12.8 Å². The third kappa shape index (κ3) is 1.83. The van der Waals surface area contributed by atoms with E-state index in [9.17, 15) is 19.5 Å². The predicted octanol–water partition coefficient (Wildman–Crippen LogP) is 1.80. The van der Waals surface area contributed by atoms with Crippen molar-refractivity contribution < 1.29 is 19.5 Å². The van der Waals surface area contributed by atoms with Crippen LogP contribution in [0.3, 0.4) is 0 Å². The zero-order valence-corrected chi connectivity index (χ0v) is 11.8. The van der Waals surface area contributed by atoms with E-state index in [-0.39, 0.29) is 29.7 Å². The van der Waals surface area contributed by atoms with E-state index in [1.165, 1.54) is 6.07 Å². The minimum absolute atomic E-state index is 0.0242. The number of carboxylic acids is 1. The Labute approximate surface area is 125 Å². The van der Waals surface area contributed by atoms with Crippen molar-refractivity contribution in [1.29, 1.82) is 0 Å². The first-order chi connectivity index (χ1) is 10.6. The zero-order valence-electron chi connectivity index (χ0n) is 11.8. The van der Waals surface area contributed by atoms with E-state index >= 15 is 0 Å². The highest BCUT2D eigenvalue weighted by atomic mass is 16.4. The highest BCUT2D eigenvalue weighted by Gasteiger charge is 2.38. The molecule has 1 aromatic carbocycles. The molecule has 1 fully saturated rings. The van der Waals surface area contributed by atoms with Gasteiger partial charge in [0.15, 0.2) is 5.78 Å². The molecule has 6 nitrogen and oxygen atoms in total. The number of amides is 1. The van der Waals surface area contributed by atoms with Crippen LogP contribution in [0.5, 0.6) is 0 Å². The van der Waals surface area contributed by atoms with Gasteiger partial charge in [-0.15, -0.1) is 0 Å². The zero-order chi connectivity index (χ0) is 15.4. The van der Waals surface area contributed by atoms with Crippen molar-refractivity contribution in [3.8, 4) is 0 Å². The van der Waals surface area contributed by atoms with Crippen LogP contribution in [0.4, 0.5) is 0 Å². The number of carboxylic acid groups (broad SMARTS) is 1. The van der Waals surface area contributed by atoms with Crippen molar-refractivity contribution >= 4 is 28.6 Å². The number of carbonyl (C=O) groups is 3. The number of carbonyl (C=O) groups excluding carboxylic acids is 2. The number of hydrogen-bond donors (Lipinski definition) is 2. The molecule has 112 valence electrons. The Balaban J connectivity index is 1.84. The Hall–Kier alpha value is -2.63. The topological polar surface area (TPSA) is 90.5 Å². The maximum absolute atomic E-state index is 12.5. The summed E-state index contributed by atoms with van der Waals surface area (Å²) in [6.07, 6.45) is 1.79. The first-order valence-corrected chi connectivity index (χ1v) is 7.25. The van der Waals surface area contributed by atoms with E-state index in [4.69, 9.17) is 0 Å². The summed E-state index contributed by atoms with van der Waals surface area (Å²) in [7, 11) is 0. The summed E-state index contributed by atoms with van der Waals surface area (Å²) in [6.45, 7) is 0.368. The summed E-state index contributed by atoms with van der Waals surface area (Å²) in [5.41, 5.74) is 1.80. The van der Waals surface area contributed by atoms with Gasteiger partial charge in [-0.25, -0.2) is 4.79 Å². The number of aromatic nitrogens is 1. The molecular formula is C16H14N2O4. The molecule has 0 unspecified atom stereocenters. The van der Waals surface area contributed by atoms with Crippen LogP contribution in [-0.4, -0.2) is 39.2 Å². The van der Waals surface area contributed by atoms with E-state index in [2.05, 4.69) is 4.98 Å². The average molecular weight is 298 g/mol. The summed E-state index contributed by atoms with van der Waals surface area (Å²) in [6, 6.07) is 4.89. The summed E-state index contributed by atoms with van der Waals surface area (Å²) in [4.78, 5) is 40.7. The summed E-state index contributed by atoms with van der Waals surface area (Å²) in [5, 5.41) is 9.77. The molecule has 2 heterocycles. The van der Waals surface area contributed by atoms with Gasteiger partial charge in [0, 0.05) is 22.5 Å². The van der Waals surface area contributed by atoms with Gasteiger partial charge in [-0.2, -0.15) is 0 Å². The molecule has 0 radical (unpaired) electrons. The Bertz CT molecular complexity index is 832. The second-order valence-corrected chi connectivity index (χ2v) is 5.90. The van der Waals surface area contributed by atoms with E-state index in [1.54, 1.807) is 17.0 Å². The highest BCUT2D eigenvalue weighted by molar-refractivity contribution is 6.17. The molecule has 4 rings (SSSR count). The molecule has 2 N–H and O–H groups in total. The maximum atomic E-state index is 12.5. The number of fused-ring (bicyclic) bond motifs is 3. The Morgan fingerprint density at radius 2 is 2.00 bits per heavy atom. The van der Waals surface area contributed by atoms with Crippen molar-refractivity contribution in [1.82, 2.24) is 9.88 Å². The number of H-pyrrole nitrogens is 1. The van der Waals surface area contributed by atoms with E-state index in [0.29, 0.717) is 28.7 Å². The standard InChI is InChI=1S/C16H14N2O4/c19-12-7-18(15(20)8-4-5-8)6-11-14(12)13-9(16(21)22)2-1-3-10(13)17-11/h1-3,8,17H,4-7H2,(H,21,22). The molecule has 1 aliphatic heterocycles. The number of aromatic carboxylic acids is 1. The van der Waals surface area contributed by atoms with Crippen LogP contribution in [0.1, 0.15) is 39.3 Å². The maximum Gasteiger partial charge on any atom is 0.336 e. The fraction of sp³-hybridized carbons (Fsp3) is 0.312. The van der Waals surface area contributed by atoms with Crippen LogP contribution in [0.25, 0.3) is 10.9 Å². The van der Waals surface area contributed by atoms with Crippen molar-refractivity contribution in [3.63, 3.8) is 0 Å². The lowest BCUT2D eigenvalue weighted by atomic mass is 9.98. The van der Waals surface area contributed by atoms with Crippen molar-refractivity contribution in [2.75, 3.05) is 6.54 Å². The highest BCUT2D eigenvalue weighted by Crippen LogP contribution is 2.35. The number of nitrogens with zero attached hydrogens (tertiary/aromatic N) is 1. The van der Waals surface area contributed by atoms with E-state index < -0.39 is 5.97 Å². The first kappa shape index (κ1) is 13.1. The van der Waals surface area contributed by atoms with Crippen LogP contribution in [0.2, 0.25) is 0 Å². The second kappa shape index (κ2) is 4.43. The van der Waals surface area contributed by atoms with Gasteiger partial charge in [0.2, 0.25) is 5.91 Å². The first-order valence-electron chi connectivity index (χ1n) is 7.25. The van der Waals surface area contributed by atoms with Gasteiger partial charge in [-0.1, -0.05) is 6.07 Å². The largest absolute Gasteiger partial charge is 0.478 e. The lowest BCUT2D eigenvalue weighted by Crippen LogP contribution is -2.40. The monoisotopic (exact) mass is 298 g/mol. The Morgan fingerprint density at radius 3 is 2.68 bits per heavy atom. The van der Waals surface area contributed by atoms with Crippen molar-refractivity contribution in [3.05, 3.63) is 35.0 Å². The molecule has 1 aromatic heterocycles. The lowest BCUT2D eigenvalue weighted by Gasteiger charge is -2.26. The predicted molar refractivity (Wildman–Crippen MR) is 77.7 cm³/mol. The van der Waals surface area contributed by atoms with Crippen LogP contribution in [0, 0.1) is 5.92 Å². The molecule has 6 heteroatoms. The summed E-state index contributed by atoms with van der Waals surface area (Å²) >= 11 is 0. The fourth-order valence-electron chi connectivity index (χ4n) is 3.15. The number of benzene rings is 1. The molecule has 22 heavy (non-hydrogen) atoms. The van der Waals surface area contributed by atoms with Crippen molar-refractivity contribution in [2.45, 2.75) is 19.4 Å². The van der Waals surface area contributed by atoms with Crippen LogP contribution in [0.15, 0.2) is 18.2 Å². The molecule has 0 bridgehead atoms. The van der Waals surface area contributed by atoms with Gasteiger partial charge in [-0.3, -0.25) is 9.59 Å². The Morgan fingerprint density at radius 1 is 1.23 bits per heavy atom. The molecule has 1 amide bonds. The van der Waals surface area contributed by atoms with Gasteiger partial charge in [0.05, 0.1) is 24.2 Å². The number of Topliss-reactive ketones (excluding diaryl/α,β-unsaturated/α-hetero) is 1. The van der Waals surface area contributed by atoms with Gasteiger partial charge < -0.3 is 15.0 Å². The normalized spacial score (nSPS) is 17.6. The number of rotatable bonds is 2. The van der Waals surface area contributed by atoms with Crippen LogP contribution < -0.4 is 0 Å². The van der Waals surface area contributed by atoms with Gasteiger partial charge >= 0.3 is 5.97 Å². The van der Waals surface area contributed by atoms with Crippen molar-refractivity contribution in [2.24, 2.45) is 5.92 Å². The molecular weight excluding hydrogens is 284 g/mol. The Kier molecular flexibility index (Phi) is 2.63. The van der Waals surface area contributed by atoms with Crippen LogP contribution in [-0.2, 0) is 11.3 Å². The number of aromatic amines is 1. The number of nitrogens with one attached hydrogen (secondary N) is 1. The lowest BCUT2D eigenvalue weighted by molar-refractivity contribution is -0.132. The minimum Gasteiger partial charge on any atom is -0.478 e. The quantitative estimate of drug-likeness (QED) is 0.884. The molecule has 1 aliphatic carbocycles. The molecule has 0 spiro atoms. The SMILES string of the molecule is O=C(O)c1cccc2[nH]c3c(c12)C(=O)CN(C(=O)C1CC1)C3. The number of hydrogen-bond acceptors (Lipinski definition) is 3. The van der Waals surface area contributed by atoms with Crippen LogP contribution >= 0.6 is 0 Å². The third-order valence-electron chi connectivity index (χ3n) is 4.33. The minimum atomic E-state index is -1.06. The second-order valence-electron chi connectivity index (χ2n) is 5.90. The molecule has 0 saturated heterocycles. The molecule has 0 atom stereocenters. The summed E-state index contributed by atoms with van der Waals surface area (Å²) < 4.78 is 0. The molecule has 2 aliphatic rings.